The van der Waals surface area contributed by atoms with Crippen molar-refractivity contribution < 1.29 is 14.8 Å². The number of rotatable bonds is 4. The predicted octanol–water partition coefficient (Wildman–Crippen LogP) is 1.68. The largest absolute Gasteiger partial charge is 0.458 e. The zero-order chi connectivity index (χ0) is 13.2. The van der Waals surface area contributed by atoms with E-state index in [-0.39, 0.29) is 15.5 Å². The van der Waals surface area contributed by atoms with Gasteiger partial charge in [-0.05, 0) is 19.4 Å². The van der Waals surface area contributed by atoms with Gasteiger partial charge in [-0.2, -0.15) is 0 Å². The van der Waals surface area contributed by atoms with Crippen molar-refractivity contribution in [1.82, 2.24) is 0 Å². The van der Waals surface area contributed by atoms with Gasteiger partial charge < -0.3 is 10.1 Å². The lowest BCUT2D eigenvalue weighted by molar-refractivity contribution is -0.728. The average molecular weight is 360 g/mol. The second-order valence-electron chi connectivity index (χ2n) is 5.25. The highest BCUT2D eigenvalue weighted by atomic mass is 127. The molecule has 0 amide bonds. The van der Waals surface area contributed by atoms with E-state index >= 15 is 0 Å². The monoisotopic (exact) mass is 360 g/mol. The van der Waals surface area contributed by atoms with Crippen molar-refractivity contribution in [3.63, 3.8) is 0 Å². The number of alkyl halides is 1. The molecule has 0 saturated carbocycles. The zero-order valence-electron chi connectivity index (χ0n) is 10.7. The molecular weight excluding hydrogens is 341 g/mol. The Morgan fingerprint density at radius 2 is 2.00 bits per heavy atom. The summed E-state index contributed by atoms with van der Waals surface area (Å²) in [5.74, 6) is 0.333. The molecule has 2 N–H and O–H groups in total. The Morgan fingerprint density at radius 1 is 1.39 bits per heavy atom. The van der Waals surface area contributed by atoms with E-state index < -0.39 is 0 Å². The quantitative estimate of drug-likeness (QED) is 0.505. The molecule has 1 unspecified atom stereocenters. The standard InChI is InChI=1S/C14H18INO2/c1-14(2,11-8-16-9-11)18-13(17)12(15)10-6-4-3-5-7-10/h3-7,11-12,16H,8-9H2,1-2H3/p+1. The van der Waals surface area contributed by atoms with E-state index in [4.69, 9.17) is 4.74 Å². The SMILES string of the molecule is CC(C)(OC(=O)C(I)c1ccccc1)C1C[NH2+]C1. The molecule has 0 bridgehead atoms. The molecule has 98 valence electrons. The van der Waals surface area contributed by atoms with Crippen molar-refractivity contribution in [1.29, 1.82) is 0 Å². The Morgan fingerprint density at radius 3 is 2.50 bits per heavy atom. The summed E-state index contributed by atoms with van der Waals surface area (Å²) >= 11 is 2.14. The predicted molar refractivity (Wildman–Crippen MR) is 78.5 cm³/mol. The minimum absolute atomic E-state index is 0.140. The molecule has 4 heteroatoms. The van der Waals surface area contributed by atoms with Crippen molar-refractivity contribution in [2.24, 2.45) is 5.92 Å². The van der Waals surface area contributed by atoms with Crippen molar-refractivity contribution in [3.8, 4) is 0 Å². The van der Waals surface area contributed by atoms with Crippen molar-refractivity contribution in [2.75, 3.05) is 13.1 Å². The molecular formula is C14H19INO2+. The minimum Gasteiger partial charge on any atom is -0.458 e. The third-order valence-corrected chi connectivity index (χ3v) is 4.78. The number of carbonyl (C=O) groups is 1. The van der Waals surface area contributed by atoms with Crippen LogP contribution in [0.1, 0.15) is 23.3 Å². The van der Waals surface area contributed by atoms with Crippen LogP contribution in [-0.2, 0) is 9.53 Å². The molecule has 1 atom stereocenters. The Labute approximate surface area is 121 Å². The van der Waals surface area contributed by atoms with Gasteiger partial charge in [0, 0.05) is 0 Å². The molecule has 1 saturated heterocycles. The fourth-order valence-corrected chi connectivity index (χ4v) is 2.60. The Balaban J connectivity index is 1.99. The Kier molecular flexibility index (Phi) is 4.27. The summed E-state index contributed by atoms with van der Waals surface area (Å²) in [6, 6.07) is 9.76. The van der Waals surface area contributed by atoms with E-state index in [1.165, 1.54) is 0 Å². The van der Waals surface area contributed by atoms with E-state index in [1.807, 2.05) is 44.2 Å². The van der Waals surface area contributed by atoms with Gasteiger partial charge in [-0.25, -0.2) is 0 Å². The fraction of sp³-hybridized carbons (Fsp3) is 0.500. The smallest absolute Gasteiger partial charge is 0.323 e. The number of hydrogen-bond acceptors (Lipinski definition) is 2. The average Bonchev–Trinajstić information content (AvgIpc) is 2.25. The minimum atomic E-state index is -0.357. The van der Waals surface area contributed by atoms with Gasteiger partial charge in [-0.1, -0.05) is 52.9 Å². The van der Waals surface area contributed by atoms with Gasteiger partial charge in [0.25, 0.3) is 0 Å². The molecule has 0 radical (unpaired) electrons. The van der Waals surface area contributed by atoms with Crippen LogP contribution in [0.3, 0.4) is 0 Å². The van der Waals surface area contributed by atoms with Gasteiger partial charge >= 0.3 is 5.97 Å². The lowest BCUT2D eigenvalue weighted by atomic mass is 9.86. The van der Waals surface area contributed by atoms with Crippen molar-refractivity contribution in [2.45, 2.75) is 23.4 Å². The second kappa shape index (κ2) is 5.57. The number of halogens is 1. The molecule has 1 aromatic carbocycles. The maximum Gasteiger partial charge on any atom is 0.323 e. The Hall–Kier alpha value is -0.620. The van der Waals surface area contributed by atoms with Gasteiger partial charge in [0.05, 0.1) is 19.0 Å². The van der Waals surface area contributed by atoms with Gasteiger partial charge in [-0.3, -0.25) is 4.79 Å². The summed E-state index contributed by atoms with van der Waals surface area (Å²) in [4.78, 5) is 12.2. The third kappa shape index (κ3) is 3.03. The first-order chi connectivity index (χ1) is 8.50. The molecule has 2 rings (SSSR count). The van der Waals surface area contributed by atoms with Gasteiger partial charge in [0.2, 0.25) is 0 Å². The number of esters is 1. The molecule has 1 aliphatic rings. The number of carbonyl (C=O) groups excluding carboxylic acids is 1. The highest BCUT2D eigenvalue weighted by Crippen LogP contribution is 2.29. The molecule has 0 spiro atoms. The van der Waals surface area contributed by atoms with Crippen molar-refractivity contribution in [3.05, 3.63) is 35.9 Å². The third-order valence-electron chi connectivity index (χ3n) is 3.55. The summed E-state index contributed by atoms with van der Waals surface area (Å²) in [6.07, 6.45) is 0. The maximum absolute atomic E-state index is 12.2. The topological polar surface area (TPSA) is 42.9 Å². The first kappa shape index (κ1) is 13.8. The molecule has 1 fully saturated rings. The van der Waals surface area contributed by atoms with Crippen LogP contribution in [0, 0.1) is 5.92 Å². The lowest BCUT2D eigenvalue weighted by Gasteiger charge is -2.37. The summed E-state index contributed by atoms with van der Waals surface area (Å²) in [7, 11) is 0. The summed E-state index contributed by atoms with van der Waals surface area (Å²) in [5, 5.41) is 2.24. The number of benzene rings is 1. The van der Waals surface area contributed by atoms with E-state index in [9.17, 15) is 4.79 Å². The highest BCUT2D eigenvalue weighted by molar-refractivity contribution is 14.1. The first-order valence-corrected chi connectivity index (χ1v) is 7.49. The number of ether oxygens (including phenoxy) is 1. The summed E-state index contributed by atoms with van der Waals surface area (Å²) in [5.41, 5.74) is 0.642. The number of hydrogen-bond donors (Lipinski definition) is 1. The van der Waals surface area contributed by atoms with Crippen LogP contribution in [0.2, 0.25) is 0 Å². The zero-order valence-corrected chi connectivity index (χ0v) is 12.9. The van der Waals surface area contributed by atoms with Crippen LogP contribution in [0.25, 0.3) is 0 Å². The second-order valence-corrected chi connectivity index (χ2v) is 6.50. The van der Waals surface area contributed by atoms with Crippen LogP contribution < -0.4 is 5.32 Å². The van der Waals surface area contributed by atoms with E-state index in [0.717, 1.165) is 18.7 Å². The van der Waals surface area contributed by atoms with Crippen LogP contribution in [0.5, 0.6) is 0 Å². The summed E-state index contributed by atoms with van der Waals surface area (Å²) < 4.78 is 5.46. The van der Waals surface area contributed by atoms with Crippen molar-refractivity contribution >= 4 is 28.6 Å². The molecule has 0 aliphatic carbocycles. The van der Waals surface area contributed by atoms with E-state index in [0.29, 0.717) is 5.92 Å². The van der Waals surface area contributed by atoms with E-state index in [2.05, 4.69) is 27.9 Å². The van der Waals surface area contributed by atoms with E-state index in [1.54, 1.807) is 0 Å². The highest BCUT2D eigenvalue weighted by Gasteiger charge is 2.41. The van der Waals surface area contributed by atoms with Crippen LogP contribution >= 0.6 is 22.6 Å². The number of quaternary nitrogens is 1. The van der Waals surface area contributed by atoms with Crippen LogP contribution in [-0.4, -0.2) is 24.7 Å². The Bertz CT molecular complexity index is 415. The molecule has 1 heterocycles. The van der Waals surface area contributed by atoms with Gasteiger partial charge in [0.15, 0.2) is 0 Å². The van der Waals surface area contributed by atoms with Crippen LogP contribution in [0.15, 0.2) is 30.3 Å². The molecule has 1 aliphatic heterocycles. The molecule has 1 aromatic rings. The van der Waals surface area contributed by atoms with Gasteiger partial charge in [0.1, 0.15) is 9.53 Å². The summed E-state index contributed by atoms with van der Waals surface area (Å²) in [6.45, 7) is 6.13. The molecule has 18 heavy (non-hydrogen) atoms. The lowest BCUT2D eigenvalue weighted by Crippen LogP contribution is -2.98. The normalized spacial score (nSPS) is 17.9. The molecule has 0 aromatic heterocycles. The van der Waals surface area contributed by atoms with Crippen LogP contribution in [0.4, 0.5) is 0 Å². The first-order valence-electron chi connectivity index (χ1n) is 6.24. The fourth-order valence-electron chi connectivity index (χ4n) is 2.05. The maximum atomic E-state index is 12.2. The number of nitrogens with two attached hydrogens (primary N) is 1. The molecule has 3 nitrogen and oxygen atoms in total. The van der Waals surface area contributed by atoms with Gasteiger partial charge in [-0.15, -0.1) is 0 Å².